The molecule has 1 aromatic carbocycles. The van der Waals surface area contributed by atoms with Gasteiger partial charge in [-0.05, 0) is 24.6 Å². The first-order valence-corrected chi connectivity index (χ1v) is 4.56. The largest absolute Gasteiger partial charge is 0.443 e. The van der Waals surface area contributed by atoms with Crippen molar-refractivity contribution in [1.82, 2.24) is 10.4 Å². The average Bonchev–Trinajstić information content (AvgIpc) is 2.73. The third-order valence-electron chi connectivity index (χ3n) is 2.39. The maximum Gasteiger partial charge on any atom is 0.241 e. The minimum absolute atomic E-state index is 0.228. The van der Waals surface area contributed by atoms with Crippen molar-refractivity contribution in [3.05, 3.63) is 30.2 Å². The Bertz CT molecular complexity index is 492. The van der Waals surface area contributed by atoms with Crippen LogP contribution in [0.4, 0.5) is 0 Å². The molecule has 5 heteroatoms. The van der Waals surface area contributed by atoms with E-state index in [0.29, 0.717) is 5.58 Å². The van der Waals surface area contributed by atoms with Crippen molar-refractivity contribution in [1.29, 1.82) is 0 Å². The number of hydrazine groups is 1. The Kier molecular flexibility index (Phi) is 2.39. The summed E-state index contributed by atoms with van der Waals surface area (Å²) in [5, 5.41) is 0. The Balaban J connectivity index is 2.39. The molecule has 0 saturated carbocycles. The van der Waals surface area contributed by atoms with Crippen LogP contribution in [0.15, 0.2) is 29.0 Å². The summed E-state index contributed by atoms with van der Waals surface area (Å²) in [6.07, 6.45) is 1.38. The molecule has 0 aliphatic heterocycles. The van der Waals surface area contributed by atoms with Gasteiger partial charge in [0.1, 0.15) is 5.52 Å². The number of rotatable bonds is 2. The highest BCUT2D eigenvalue weighted by atomic mass is 16.3. The van der Waals surface area contributed by atoms with Gasteiger partial charge < -0.3 is 4.42 Å². The summed E-state index contributed by atoms with van der Waals surface area (Å²) in [6, 6.07) is 5.45. The zero-order chi connectivity index (χ0) is 10.8. The molecule has 0 bridgehead atoms. The first-order chi connectivity index (χ1) is 7.22. The van der Waals surface area contributed by atoms with Crippen LogP contribution in [0.3, 0.4) is 0 Å². The van der Waals surface area contributed by atoms with E-state index in [-0.39, 0.29) is 11.8 Å². The van der Waals surface area contributed by atoms with E-state index in [9.17, 15) is 4.79 Å². The van der Waals surface area contributed by atoms with Gasteiger partial charge in [-0.15, -0.1) is 0 Å². The van der Waals surface area contributed by atoms with Gasteiger partial charge in [-0.1, -0.05) is 6.07 Å². The summed E-state index contributed by atoms with van der Waals surface area (Å²) >= 11 is 0. The monoisotopic (exact) mass is 205 g/mol. The van der Waals surface area contributed by atoms with Crippen molar-refractivity contribution in [2.24, 2.45) is 5.84 Å². The quantitative estimate of drug-likeness (QED) is 0.434. The van der Waals surface area contributed by atoms with E-state index >= 15 is 0 Å². The van der Waals surface area contributed by atoms with Gasteiger partial charge in [-0.2, -0.15) is 0 Å². The van der Waals surface area contributed by atoms with Crippen molar-refractivity contribution in [3.8, 4) is 0 Å². The second-order valence-corrected chi connectivity index (χ2v) is 3.31. The summed E-state index contributed by atoms with van der Waals surface area (Å²) in [4.78, 5) is 15.3. The van der Waals surface area contributed by atoms with Crippen LogP contribution >= 0.6 is 0 Å². The number of oxazole rings is 1. The minimum Gasteiger partial charge on any atom is -0.443 e. The second-order valence-electron chi connectivity index (χ2n) is 3.31. The lowest BCUT2D eigenvalue weighted by Gasteiger charge is -2.09. The normalized spacial score (nSPS) is 12.7. The maximum absolute atomic E-state index is 11.3. The molecule has 2 rings (SSSR count). The third-order valence-corrected chi connectivity index (χ3v) is 2.39. The molecule has 1 amide bonds. The van der Waals surface area contributed by atoms with Crippen molar-refractivity contribution in [3.63, 3.8) is 0 Å². The number of hydrogen-bond donors (Lipinski definition) is 2. The number of hydrogen-bond acceptors (Lipinski definition) is 4. The molecule has 15 heavy (non-hydrogen) atoms. The van der Waals surface area contributed by atoms with E-state index in [1.165, 1.54) is 6.39 Å². The summed E-state index contributed by atoms with van der Waals surface area (Å²) in [7, 11) is 0. The van der Waals surface area contributed by atoms with Crippen LogP contribution in [0.2, 0.25) is 0 Å². The second kappa shape index (κ2) is 3.70. The molecule has 1 heterocycles. The van der Waals surface area contributed by atoms with Crippen LogP contribution in [0, 0.1) is 0 Å². The molecule has 78 valence electrons. The number of nitrogens with one attached hydrogen (secondary N) is 1. The molecular formula is C10H11N3O2. The fourth-order valence-electron chi connectivity index (χ4n) is 1.42. The van der Waals surface area contributed by atoms with E-state index in [1.54, 1.807) is 13.0 Å². The molecule has 2 aromatic rings. The molecule has 0 saturated heterocycles. The lowest BCUT2D eigenvalue weighted by Crippen LogP contribution is -2.33. The van der Waals surface area contributed by atoms with E-state index in [1.807, 2.05) is 12.1 Å². The number of aromatic nitrogens is 1. The van der Waals surface area contributed by atoms with Gasteiger partial charge in [-0.3, -0.25) is 10.2 Å². The van der Waals surface area contributed by atoms with Gasteiger partial charge in [-0.25, -0.2) is 10.8 Å². The van der Waals surface area contributed by atoms with E-state index in [0.717, 1.165) is 11.1 Å². The Morgan fingerprint density at radius 3 is 3.13 bits per heavy atom. The van der Waals surface area contributed by atoms with Crippen molar-refractivity contribution >= 4 is 17.0 Å². The Labute approximate surface area is 86.2 Å². The molecule has 0 spiro atoms. The predicted octanol–water partition coefficient (Wildman–Crippen LogP) is 0.921. The average molecular weight is 205 g/mol. The fraction of sp³-hybridized carbons (Fsp3) is 0.200. The van der Waals surface area contributed by atoms with Crippen LogP contribution in [0.1, 0.15) is 18.4 Å². The van der Waals surface area contributed by atoms with Gasteiger partial charge in [0.2, 0.25) is 5.91 Å². The summed E-state index contributed by atoms with van der Waals surface area (Å²) < 4.78 is 5.15. The number of carbonyl (C=O) groups excluding carboxylic acids is 1. The highest BCUT2D eigenvalue weighted by Gasteiger charge is 2.14. The first kappa shape index (κ1) is 9.67. The summed E-state index contributed by atoms with van der Waals surface area (Å²) in [5.74, 6) is 4.54. The highest BCUT2D eigenvalue weighted by molar-refractivity contribution is 5.84. The molecule has 5 nitrogen and oxygen atoms in total. The van der Waals surface area contributed by atoms with Crippen molar-refractivity contribution in [2.45, 2.75) is 12.8 Å². The highest BCUT2D eigenvalue weighted by Crippen LogP contribution is 2.20. The van der Waals surface area contributed by atoms with Gasteiger partial charge in [0, 0.05) is 0 Å². The SMILES string of the molecule is CC(C(=O)NN)c1ccc2ncoc2c1. The summed E-state index contributed by atoms with van der Waals surface area (Å²) in [6.45, 7) is 1.78. The van der Waals surface area contributed by atoms with Gasteiger partial charge in [0.05, 0.1) is 5.92 Å². The number of nitrogens with two attached hydrogens (primary N) is 1. The lowest BCUT2D eigenvalue weighted by atomic mass is 10.0. The number of amides is 1. The Morgan fingerprint density at radius 2 is 2.40 bits per heavy atom. The predicted molar refractivity (Wildman–Crippen MR) is 54.8 cm³/mol. The van der Waals surface area contributed by atoms with Crippen LogP contribution in [0.5, 0.6) is 0 Å². The lowest BCUT2D eigenvalue weighted by molar-refractivity contribution is -0.122. The maximum atomic E-state index is 11.3. The zero-order valence-electron chi connectivity index (χ0n) is 8.23. The minimum atomic E-state index is -0.301. The van der Waals surface area contributed by atoms with Gasteiger partial charge in [0.25, 0.3) is 0 Å². The molecule has 1 unspecified atom stereocenters. The van der Waals surface area contributed by atoms with E-state index < -0.39 is 0 Å². The van der Waals surface area contributed by atoms with Crippen LogP contribution < -0.4 is 11.3 Å². The van der Waals surface area contributed by atoms with Crippen LogP contribution in [-0.4, -0.2) is 10.9 Å². The number of nitrogens with zero attached hydrogens (tertiary/aromatic N) is 1. The van der Waals surface area contributed by atoms with Crippen LogP contribution in [0.25, 0.3) is 11.1 Å². The molecule has 0 aliphatic rings. The summed E-state index contributed by atoms with van der Waals surface area (Å²) in [5.41, 5.74) is 4.42. The fourth-order valence-corrected chi connectivity index (χ4v) is 1.42. The molecular weight excluding hydrogens is 194 g/mol. The molecule has 0 aliphatic carbocycles. The third kappa shape index (κ3) is 1.69. The molecule has 0 fully saturated rings. The topological polar surface area (TPSA) is 81.2 Å². The number of fused-ring (bicyclic) bond motifs is 1. The first-order valence-electron chi connectivity index (χ1n) is 4.56. The zero-order valence-corrected chi connectivity index (χ0v) is 8.23. The van der Waals surface area contributed by atoms with Gasteiger partial charge in [0.15, 0.2) is 12.0 Å². The van der Waals surface area contributed by atoms with Gasteiger partial charge >= 0.3 is 0 Å². The molecule has 0 radical (unpaired) electrons. The molecule has 1 atom stereocenters. The smallest absolute Gasteiger partial charge is 0.241 e. The van der Waals surface area contributed by atoms with E-state index in [4.69, 9.17) is 10.3 Å². The van der Waals surface area contributed by atoms with E-state index in [2.05, 4.69) is 10.4 Å². The standard InChI is InChI=1S/C10H11N3O2/c1-6(10(14)13-11)7-2-3-8-9(4-7)15-5-12-8/h2-6H,11H2,1H3,(H,13,14). The molecule has 1 aromatic heterocycles. The van der Waals surface area contributed by atoms with Crippen molar-refractivity contribution < 1.29 is 9.21 Å². The Hall–Kier alpha value is -1.88. The Morgan fingerprint density at radius 1 is 1.60 bits per heavy atom. The van der Waals surface area contributed by atoms with Crippen LogP contribution in [-0.2, 0) is 4.79 Å². The number of benzene rings is 1. The molecule has 3 N–H and O–H groups in total. The number of carbonyl (C=O) groups is 1. The van der Waals surface area contributed by atoms with Crippen molar-refractivity contribution in [2.75, 3.05) is 0 Å².